The summed E-state index contributed by atoms with van der Waals surface area (Å²) in [6.45, 7) is 6.06. The van der Waals surface area contributed by atoms with Crippen molar-refractivity contribution in [2.24, 2.45) is 0 Å². The lowest BCUT2D eigenvalue weighted by Crippen LogP contribution is -1.95. The Labute approximate surface area is 123 Å². The third-order valence-electron chi connectivity index (χ3n) is 3.62. The van der Waals surface area contributed by atoms with Crippen LogP contribution < -0.4 is 4.74 Å². The van der Waals surface area contributed by atoms with E-state index in [4.69, 9.17) is 4.74 Å². The van der Waals surface area contributed by atoms with E-state index in [0.29, 0.717) is 17.2 Å². The zero-order chi connectivity index (χ0) is 15.0. The molecular formula is C17H16N2O2. The molecule has 4 nitrogen and oxygen atoms in total. The van der Waals surface area contributed by atoms with Crippen LogP contribution in [0, 0.1) is 20.8 Å². The number of aromatic nitrogens is 2. The number of hydrogen-bond donors (Lipinski definition) is 0. The number of nitrogens with zero attached hydrogens (tertiary/aromatic N) is 2. The van der Waals surface area contributed by atoms with Crippen molar-refractivity contribution in [2.75, 3.05) is 0 Å². The molecule has 0 aliphatic heterocycles. The minimum Gasteiger partial charge on any atom is -0.437 e. The number of carbonyl (C=O) groups is 1. The second-order valence-corrected chi connectivity index (χ2v) is 5.16. The molecule has 4 heteroatoms. The second-order valence-electron chi connectivity index (χ2n) is 5.16. The molecule has 0 fully saturated rings. The third kappa shape index (κ3) is 2.29. The maximum atomic E-state index is 11.4. The van der Waals surface area contributed by atoms with Gasteiger partial charge < -0.3 is 4.74 Å². The van der Waals surface area contributed by atoms with Gasteiger partial charge in [0.05, 0.1) is 0 Å². The molecule has 0 amide bonds. The first-order chi connectivity index (χ1) is 10.1. The van der Waals surface area contributed by atoms with Gasteiger partial charge in [-0.05, 0) is 55.7 Å². The number of ether oxygens (including phenoxy) is 1. The molecule has 21 heavy (non-hydrogen) atoms. The normalized spacial score (nSPS) is 10.8. The first-order valence-electron chi connectivity index (χ1n) is 6.78. The van der Waals surface area contributed by atoms with Crippen LogP contribution in [0.25, 0.3) is 5.65 Å². The molecule has 0 aliphatic carbocycles. The fourth-order valence-corrected chi connectivity index (χ4v) is 2.39. The van der Waals surface area contributed by atoms with Crippen molar-refractivity contribution >= 4 is 11.9 Å². The number of imidazole rings is 1. The number of pyridine rings is 1. The molecule has 0 atom stereocenters. The van der Waals surface area contributed by atoms with Crippen molar-refractivity contribution in [3.63, 3.8) is 0 Å². The van der Waals surface area contributed by atoms with Crippen LogP contribution in [0.2, 0.25) is 0 Å². The Balaban J connectivity index is 2.12. The molecule has 0 saturated heterocycles. The van der Waals surface area contributed by atoms with Crippen LogP contribution in [-0.2, 0) is 0 Å². The molecule has 3 rings (SSSR count). The lowest BCUT2D eigenvalue weighted by atomic mass is 10.1. The number of hydrogen-bond acceptors (Lipinski definition) is 3. The number of benzene rings is 1. The lowest BCUT2D eigenvalue weighted by Gasteiger charge is -2.10. The van der Waals surface area contributed by atoms with Crippen LogP contribution in [0.3, 0.4) is 0 Å². The molecule has 0 bridgehead atoms. The Kier molecular flexibility index (Phi) is 3.22. The summed E-state index contributed by atoms with van der Waals surface area (Å²) in [5.41, 5.74) is 4.43. The van der Waals surface area contributed by atoms with Gasteiger partial charge >= 0.3 is 0 Å². The quantitative estimate of drug-likeness (QED) is 0.684. The van der Waals surface area contributed by atoms with Gasteiger partial charge in [0.25, 0.3) is 0 Å². The van der Waals surface area contributed by atoms with E-state index in [9.17, 15) is 4.79 Å². The molecule has 0 spiro atoms. The Hall–Kier alpha value is -2.62. The molecule has 2 aromatic heterocycles. The van der Waals surface area contributed by atoms with Gasteiger partial charge in [-0.2, -0.15) is 4.98 Å². The topological polar surface area (TPSA) is 43.6 Å². The van der Waals surface area contributed by atoms with Crippen LogP contribution in [0.5, 0.6) is 11.6 Å². The first kappa shape index (κ1) is 13.4. The predicted molar refractivity (Wildman–Crippen MR) is 81.3 cm³/mol. The van der Waals surface area contributed by atoms with Gasteiger partial charge in [-0.1, -0.05) is 12.1 Å². The molecule has 0 unspecified atom stereocenters. The van der Waals surface area contributed by atoms with Gasteiger partial charge in [0.2, 0.25) is 5.88 Å². The number of fused-ring (bicyclic) bond motifs is 1. The third-order valence-corrected chi connectivity index (χ3v) is 3.62. The highest BCUT2D eigenvalue weighted by atomic mass is 16.5. The van der Waals surface area contributed by atoms with Crippen molar-refractivity contribution in [1.29, 1.82) is 0 Å². The van der Waals surface area contributed by atoms with Gasteiger partial charge in [-0.3, -0.25) is 9.20 Å². The summed E-state index contributed by atoms with van der Waals surface area (Å²) in [6.07, 6.45) is 2.57. The van der Waals surface area contributed by atoms with E-state index in [1.54, 1.807) is 10.6 Å². The van der Waals surface area contributed by atoms with Gasteiger partial charge in [0.15, 0.2) is 12.0 Å². The predicted octanol–water partition coefficient (Wildman–Crippen LogP) is 3.86. The van der Waals surface area contributed by atoms with Gasteiger partial charge in [-0.25, -0.2) is 0 Å². The standard InChI is InChI=1S/C17H16N2O2/c1-11-8-12(2)13(3)15(9-11)21-17-14(10-20)19-7-5-4-6-16(19)18-17/h4-10H,1-3H3. The summed E-state index contributed by atoms with van der Waals surface area (Å²) in [5, 5.41) is 0. The van der Waals surface area contributed by atoms with Crippen molar-refractivity contribution in [2.45, 2.75) is 20.8 Å². The van der Waals surface area contributed by atoms with Crippen molar-refractivity contribution < 1.29 is 9.53 Å². The van der Waals surface area contributed by atoms with Crippen LogP contribution in [0.1, 0.15) is 27.2 Å². The monoisotopic (exact) mass is 280 g/mol. The number of aryl methyl sites for hydroxylation is 2. The Morgan fingerprint density at radius 1 is 1.19 bits per heavy atom. The summed E-state index contributed by atoms with van der Waals surface area (Å²) in [4.78, 5) is 15.8. The largest absolute Gasteiger partial charge is 0.437 e. The highest BCUT2D eigenvalue weighted by molar-refractivity contribution is 5.78. The first-order valence-corrected chi connectivity index (χ1v) is 6.78. The number of carbonyl (C=O) groups excluding carboxylic acids is 1. The van der Waals surface area contributed by atoms with E-state index in [1.807, 2.05) is 45.0 Å². The Bertz CT molecular complexity index is 834. The zero-order valence-electron chi connectivity index (χ0n) is 12.3. The molecule has 106 valence electrons. The smallest absolute Gasteiger partial charge is 0.249 e. The molecule has 1 aromatic carbocycles. The van der Waals surface area contributed by atoms with Crippen LogP contribution >= 0.6 is 0 Å². The van der Waals surface area contributed by atoms with Crippen molar-refractivity contribution in [3.05, 3.63) is 58.9 Å². The molecule has 3 aromatic rings. The number of rotatable bonds is 3. The molecule has 0 aliphatic rings. The van der Waals surface area contributed by atoms with Crippen molar-refractivity contribution in [3.8, 4) is 11.6 Å². The highest BCUT2D eigenvalue weighted by Crippen LogP contribution is 2.30. The SMILES string of the molecule is Cc1cc(C)c(C)c(Oc2nc3ccccn3c2C=O)c1. The summed E-state index contributed by atoms with van der Waals surface area (Å²) in [6, 6.07) is 9.64. The van der Waals surface area contributed by atoms with Gasteiger partial charge in [0, 0.05) is 6.20 Å². The molecule has 2 heterocycles. The molecule has 0 N–H and O–H groups in total. The van der Waals surface area contributed by atoms with E-state index in [0.717, 1.165) is 28.7 Å². The van der Waals surface area contributed by atoms with E-state index < -0.39 is 0 Å². The summed E-state index contributed by atoms with van der Waals surface area (Å²) in [7, 11) is 0. The summed E-state index contributed by atoms with van der Waals surface area (Å²) in [5.74, 6) is 1.07. The molecule has 0 radical (unpaired) electrons. The number of aldehydes is 1. The summed E-state index contributed by atoms with van der Waals surface area (Å²) >= 11 is 0. The maximum Gasteiger partial charge on any atom is 0.249 e. The van der Waals surface area contributed by atoms with E-state index in [-0.39, 0.29) is 0 Å². The minimum absolute atomic E-state index is 0.337. The fourth-order valence-electron chi connectivity index (χ4n) is 2.39. The summed E-state index contributed by atoms with van der Waals surface area (Å²) < 4.78 is 7.64. The average molecular weight is 280 g/mol. The van der Waals surface area contributed by atoms with Crippen LogP contribution in [0.4, 0.5) is 0 Å². The van der Waals surface area contributed by atoms with E-state index in [1.165, 1.54) is 0 Å². The van der Waals surface area contributed by atoms with E-state index >= 15 is 0 Å². The highest BCUT2D eigenvalue weighted by Gasteiger charge is 2.15. The fraction of sp³-hybridized carbons (Fsp3) is 0.176. The van der Waals surface area contributed by atoms with Crippen LogP contribution in [-0.4, -0.2) is 15.7 Å². The Morgan fingerprint density at radius 3 is 2.76 bits per heavy atom. The van der Waals surface area contributed by atoms with Gasteiger partial charge in [0.1, 0.15) is 11.4 Å². The molecule has 0 saturated carbocycles. The minimum atomic E-state index is 0.337. The lowest BCUT2D eigenvalue weighted by molar-refractivity contribution is 0.111. The van der Waals surface area contributed by atoms with Gasteiger partial charge in [-0.15, -0.1) is 0 Å². The second kappa shape index (κ2) is 5.05. The average Bonchev–Trinajstić information content (AvgIpc) is 2.81. The maximum absolute atomic E-state index is 11.4. The van der Waals surface area contributed by atoms with E-state index in [2.05, 4.69) is 11.1 Å². The zero-order valence-corrected chi connectivity index (χ0v) is 12.3. The molecular weight excluding hydrogens is 264 g/mol. The van der Waals surface area contributed by atoms with Crippen molar-refractivity contribution in [1.82, 2.24) is 9.38 Å². The van der Waals surface area contributed by atoms with Crippen LogP contribution in [0.15, 0.2) is 36.5 Å². The Morgan fingerprint density at radius 2 is 2.00 bits per heavy atom.